The van der Waals surface area contributed by atoms with Gasteiger partial charge in [0, 0.05) is 13.1 Å². The van der Waals surface area contributed by atoms with Gasteiger partial charge in [0.25, 0.3) is 5.91 Å². The van der Waals surface area contributed by atoms with Gasteiger partial charge in [0.2, 0.25) is 0 Å². The lowest BCUT2D eigenvalue weighted by atomic mass is 10.2. The second-order valence-electron chi connectivity index (χ2n) is 6.44. The first-order valence-corrected chi connectivity index (χ1v) is 10.2. The van der Waals surface area contributed by atoms with Gasteiger partial charge in [-0.2, -0.15) is 0 Å². The van der Waals surface area contributed by atoms with Crippen LogP contribution in [-0.2, 0) is 21.2 Å². The minimum Gasteiger partial charge on any atom is -0.484 e. The highest BCUT2D eigenvalue weighted by molar-refractivity contribution is 7.92. The maximum Gasteiger partial charge on any atom is 0.260 e. The van der Waals surface area contributed by atoms with Crippen LogP contribution < -0.4 is 4.74 Å². The lowest BCUT2D eigenvalue weighted by Gasteiger charge is -2.17. The van der Waals surface area contributed by atoms with Crippen molar-refractivity contribution in [1.82, 2.24) is 4.90 Å². The van der Waals surface area contributed by atoms with Gasteiger partial charge in [-0.15, -0.1) is 0 Å². The van der Waals surface area contributed by atoms with Crippen molar-refractivity contribution < 1.29 is 31.8 Å². The smallest absolute Gasteiger partial charge is 0.260 e. The number of carbonyl (C=O) groups is 1. The van der Waals surface area contributed by atoms with E-state index in [1.807, 2.05) is 0 Å². The molecule has 1 atom stereocenters. The van der Waals surface area contributed by atoms with Crippen LogP contribution >= 0.6 is 0 Å². The summed E-state index contributed by atoms with van der Waals surface area (Å²) in [6.07, 6.45) is 0.0903. The fourth-order valence-corrected chi connectivity index (χ4v) is 4.86. The quantitative estimate of drug-likeness (QED) is 0.785. The number of halogens is 2. The molecule has 0 spiro atoms. The van der Waals surface area contributed by atoms with Crippen molar-refractivity contribution >= 4 is 15.7 Å². The first-order chi connectivity index (χ1) is 13.3. The molecule has 1 aliphatic rings. The fourth-order valence-electron chi connectivity index (χ4n) is 3.06. The SMILES string of the molecule is O=C(COc1ccc(CO)cc1)N1CCC(S(=O)(=O)c2c(F)cccc2F)C1. The van der Waals surface area contributed by atoms with Gasteiger partial charge < -0.3 is 14.7 Å². The van der Waals surface area contributed by atoms with Crippen LogP contribution in [0.15, 0.2) is 47.4 Å². The summed E-state index contributed by atoms with van der Waals surface area (Å²) in [6.45, 7) is -0.391. The number of carbonyl (C=O) groups excluding carboxylic acids is 1. The summed E-state index contributed by atoms with van der Waals surface area (Å²) < 4.78 is 58.4. The Bertz CT molecular complexity index is 943. The summed E-state index contributed by atoms with van der Waals surface area (Å²) in [7, 11) is -4.25. The van der Waals surface area contributed by atoms with Gasteiger partial charge in [0.05, 0.1) is 11.9 Å². The van der Waals surface area contributed by atoms with E-state index in [0.29, 0.717) is 11.3 Å². The molecule has 1 N–H and O–H groups in total. The zero-order chi connectivity index (χ0) is 20.3. The van der Waals surface area contributed by atoms with Crippen LogP contribution in [0, 0.1) is 11.6 Å². The number of aliphatic hydroxyl groups is 1. The van der Waals surface area contributed by atoms with Crippen molar-refractivity contribution in [3.63, 3.8) is 0 Å². The van der Waals surface area contributed by atoms with Gasteiger partial charge in [0.15, 0.2) is 16.4 Å². The summed E-state index contributed by atoms with van der Waals surface area (Å²) in [4.78, 5) is 12.7. The molecule has 1 fully saturated rings. The Morgan fingerprint density at radius 3 is 2.39 bits per heavy atom. The number of ether oxygens (including phenoxy) is 1. The molecule has 1 amide bonds. The molecule has 0 saturated carbocycles. The maximum absolute atomic E-state index is 13.9. The maximum atomic E-state index is 13.9. The molecule has 28 heavy (non-hydrogen) atoms. The second-order valence-corrected chi connectivity index (χ2v) is 8.60. The lowest BCUT2D eigenvalue weighted by Crippen LogP contribution is -2.35. The number of sulfone groups is 1. The van der Waals surface area contributed by atoms with Crippen LogP contribution in [-0.4, -0.2) is 49.3 Å². The number of hydrogen-bond donors (Lipinski definition) is 1. The van der Waals surface area contributed by atoms with Crippen LogP contribution in [0.1, 0.15) is 12.0 Å². The molecule has 2 aromatic rings. The van der Waals surface area contributed by atoms with E-state index in [1.54, 1.807) is 24.3 Å². The van der Waals surface area contributed by atoms with Gasteiger partial charge >= 0.3 is 0 Å². The molecular formula is C19H19F2NO5S. The highest BCUT2D eigenvalue weighted by Crippen LogP contribution is 2.28. The van der Waals surface area contributed by atoms with E-state index in [2.05, 4.69) is 0 Å². The topological polar surface area (TPSA) is 83.9 Å². The zero-order valence-corrected chi connectivity index (χ0v) is 15.7. The van der Waals surface area contributed by atoms with E-state index < -0.39 is 37.5 Å². The van der Waals surface area contributed by atoms with Crippen molar-refractivity contribution in [2.24, 2.45) is 0 Å². The number of rotatable bonds is 6. The van der Waals surface area contributed by atoms with Crippen LogP contribution in [0.2, 0.25) is 0 Å². The largest absolute Gasteiger partial charge is 0.484 e. The second kappa shape index (κ2) is 8.24. The normalized spacial score (nSPS) is 17.0. The van der Waals surface area contributed by atoms with Gasteiger partial charge in [-0.1, -0.05) is 18.2 Å². The van der Waals surface area contributed by atoms with Crippen molar-refractivity contribution in [2.75, 3.05) is 19.7 Å². The monoisotopic (exact) mass is 411 g/mol. The van der Waals surface area contributed by atoms with Crippen molar-refractivity contribution in [3.8, 4) is 5.75 Å². The van der Waals surface area contributed by atoms with E-state index in [9.17, 15) is 22.0 Å². The number of hydrogen-bond acceptors (Lipinski definition) is 5. The van der Waals surface area contributed by atoms with Crippen LogP contribution in [0.5, 0.6) is 5.75 Å². The minimum absolute atomic E-state index is 0.0903. The zero-order valence-electron chi connectivity index (χ0n) is 14.8. The predicted molar refractivity (Wildman–Crippen MR) is 96.4 cm³/mol. The molecule has 3 rings (SSSR count). The molecule has 150 valence electrons. The van der Waals surface area contributed by atoms with E-state index in [-0.39, 0.29) is 32.7 Å². The van der Waals surface area contributed by atoms with Crippen molar-refractivity contribution in [3.05, 3.63) is 59.7 Å². The fraction of sp³-hybridized carbons (Fsp3) is 0.316. The van der Waals surface area contributed by atoms with Crippen molar-refractivity contribution in [2.45, 2.75) is 23.2 Å². The highest BCUT2D eigenvalue weighted by atomic mass is 32.2. The lowest BCUT2D eigenvalue weighted by molar-refractivity contribution is -0.132. The number of aliphatic hydroxyl groups excluding tert-OH is 1. The number of likely N-dealkylation sites (tertiary alicyclic amines) is 1. The molecule has 1 unspecified atom stereocenters. The molecule has 6 nitrogen and oxygen atoms in total. The molecule has 0 aromatic heterocycles. The molecule has 0 radical (unpaired) electrons. The Balaban J connectivity index is 1.63. The van der Waals surface area contributed by atoms with Gasteiger partial charge in [-0.3, -0.25) is 4.79 Å². The predicted octanol–water partition coefficient (Wildman–Crippen LogP) is 1.91. The van der Waals surface area contributed by atoms with E-state index in [1.165, 1.54) is 4.90 Å². The average Bonchev–Trinajstić information content (AvgIpc) is 3.17. The Labute approximate surface area is 161 Å². The third-order valence-corrected chi connectivity index (χ3v) is 6.83. The Kier molecular flexibility index (Phi) is 5.95. The molecule has 1 heterocycles. The summed E-state index contributed by atoms with van der Waals surface area (Å²) >= 11 is 0. The van der Waals surface area contributed by atoms with Gasteiger partial charge in [-0.25, -0.2) is 17.2 Å². The Morgan fingerprint density at radius 1 is 1.14 bits per heavy atom. The average molecular weight is 411 g/mol. The highest BCUT2D eigenvalue weighted by Gasteiger charge is 2.39. The summed E-state index contributed by atoms with van der Waals surface area (Å²) in [5, 5.41) is 7.92. The molecule has 2 aromatic carbocycles. The summed E-state index contributed by atoms with van der Waals surface area (Å²) in [6, 6.07) is 9.41. The number of nitrogens with zero attached hydrogens (tertiary/aromatic N) is 1. The summed E-state index contributed by atoms with van der Waals surface area (Å²) in [5.74, 6) is -2.26. The van der Waals surface area contributed by atoms with E-state index >= 15 is 0 Å². The number of benzene rings is 2. The minimum atomic E-state index is -4.25. The standard InChI is InChI=1S/C19H19F2NO5S/c20-16-2-1-3-17(21)19(16)28(25,26)15-8-9-22(10-15)18(24)12-27-14-6-4-13(11-23)5-7-14/h1-7,15,23H,8-12H2. The van der Waals surface area contributed by atoms with Crippen LogP contribution in [0.3, 0.4) is 0 Å². The van der Waals surface area contributed by atoms with E-state index in [4.69, 9.17) is 9.84 Å². The molecule has 9 heteroatoms. The van der Waals surface area contributed by atoms with E-state index in [0.717, 1.165) is 18.2 Å². The summed E-state index contributed by atoms with van der Waals surface area (Å²) in [5.41, 5.74) is 0.701. The number of amides is 1. The Hall–Kier alpha value is -2.52. The molecule has 1 saturated heterocycles. The van der Waals surface area contributed by atoms with Crippen molar-refractivity contribution in [1.29, 1.82) is 0 Å². The van der Waals surface area contributed by atoms with Crippen LogP contribution in [0.25, 0.3) is 0 Å². The Morgan fingerprint density at radius 2 is 1.79 bits per heavy atom. The molecule has 1 aliphatic heterocycles. The third kappa shape index (κ3) is 4.15. The third-order valence-electron chi connectivity index (χ3n) is 4.61. The first-order valence-electron chi connectivity index (χ1n) is 8.61. The van der Waals surface area contributed by atoms with Gasteiger partial charge in [0.1, 0.15) is 22.3 Å². The molecular weight excluding hydrogens is 392 g/mol. The first kappa shape index (κ1) is 20.2. The van der Waals surface area contributed by atoms with Gasteiger partial charge in [-0.05, 0) is 36.2 Å². The van der Waals surface area contributed by atoms with Crippen LogP contribution in [0.4, 0.5) is 8.78 Å². The molecule has 0 aliphatic carbocycles. The molecule has 0 bridgehead atoms.